The van der Waals surface area contributed by atoms with Crippen molar-refractivity contribution in [1.82, 2.24) is 19.8 Å². The van der Waals surface area contributed by atoms with Crippen LogP contribution >= 0.6 is 0 Å². The molecule has 1 aliphatic heterocycles. The molecule has 3 aromatic rings. The number of likely N-dealkylation sites (N-methyl/N-ethyl adjacent to an activating group) is 1. The van der Waals surface area contributed by atoms with E-state index in [2.05, 4.69) is 93.3 Å². The van der Waals surface area contributed by atoms with Gasteiger partial charge in [-0.05, 0) is 56.1 Å². The first kappa shape index (κ1) is 21.2. The summed E-state index contributed by atoms with van der Waals surface area (Å²) in [5.74, 6) is 6.30. The molecule has 1 aliphatic rings. The molecule has 4 heteroatoms. The second kappa shape index (κ2) is 10.9. The number of rotatable bonds is 6. The van der Waals surface area contributed by atoms with Crippen LogP contribution in [-0.2, 0) is 13.0 Å². The second-order valence-corrected chi connectivity index (χ2v) is 8.32. The predicted octanol–water partition coefficient (Wildman–Crippen LogP) is 4.02. The maximum atomic E-state index is 4.00. The zero-order valence-corrected chi connectivity index (χ0v) is 18.2. The van der Waals surface area contributed by atoms with Gasteiger partial charge in [0.2, 0.25) is 0 Å². The van der Waals surface area contributed by atoms with Crippen LogP contribution in [0.15, 0.2) is 73.3 Å². The molecule has 1 fully saturated rings. The number of aromatic nitrogens is 2. The van der Waals surface area contributed by atoms with Gasteiger partial charge >= 0.3 is 0 Å². The van der Waals surface area contributed by atoms with Gasteiger partial charge in [0.15, 0.2) is 0 Å². The fourth-order valence-electron chi connectivity index (χ4n) is 4.13. The quantitative estimate of drug-likeness (QED) is 0.575. The second-order valence-electron chi connectivity index (χ2n) is 8.32. The molecule has 1 saturated heterocycles. The van der Waals surface area contributed by atoms with Crippen molar-refractivity contribution in [2.45, 2.75) is 31.8 Å². The van der Waals surface area contributed by atoms with Crippen molar-refractivity contribution in [1.29, 1.82) is 0 Å². The summed E-state index contributed by atoms with van der Waals surface area (Å²) in [6.45, 7) is 4.44. The summed E-state index contributed by atoms with van der Waals surface area (Å²) in [4.78, 5) is 13.1. The Morgan fingerprint density at radius 3 is 2.45 bits per heavy atom. The van der Waals surface area contributed by atoms with Crippen molar-refractivity contribution in [3.8, 4) is 11.8 Å². The third-order valence-electron chi connectivity index (χ3n) is 5.97. The molecule has 1 aromatic heterocycles. The minimum Gasteiger partial charge on any atom is -0.302 e. The topological polar surface area (TPSA) is 32.3 Å². The summed E-state index contributed by atoms with van der Waals surface area (Å²) in [6, 6.07) is 20.1. The highest BCUT2D eigenvalue weighted by molar-refractivity contribution is 5.41. The minimum absolute atomic E-state index is 0.635. The fraction of sp³-hybridized carbons (Fsp3) is 0.333. The average Bonchev–Trinajstić information content (AvgIpc) is 2.83. The lowest BCUT2D eigenvalue weighted by molar-refractivity contribution is 0.112. The van der Waals surface area contributed by atoms with Gasteiger partial charge in [-0.1, -0.05) is 54.3 Å². The van der Waals surface area contributed by atoms with E-state index in [9.17, 15) is 0 Å². The van der Waals surface area contributed by atoms with E-state index in [1.54, 1.807) is 12.4 Å². The van der Waals surface area contributed by atoms with Crippen LogP contribution in [0.3, 0.4) is 0 Å². The summed E-state index contributed by atoms with van der Waals surface area (Å²) in [7, 11) is 2.28. The van der Waals surface area contributed by atoms with Crippen LogP contribution in [0.5, 0.6) is 0 Å². The van der Waals surface area contributed by atoms with Gasteiger partial charge in [-0.15, -0.1) is 0 Å². The lowest BCUT2D eigenvalue weighted by Gasteiger charge is -2.37. The number of piperidine rings is 1. The highest BCUT2D eigenvalue weighted by Gasteiger charge is 2.23. The Morgan fingerprint density at radius 2 is 1.68 bits per heavy atom. The summed E-state index contributed by atoms with van der Waals surface area (Å²) < 4.78 is 0. The van der Waals surface area contributed by atoms with E-state index < -0.39 is 0 Å². The van der Waals surface area contributed by atoms with Crippen LogP contribution in [0.2, 0.25) is 0 Å². The predicted molar refractivity (Wildman–Crippen MR) is 126 cm³/mol. The van der Waals surface area contributed by atoms with Crippen molar-refractivity contribution in [3.05, 3.63) is 95.6 Å². The van der Waals surface area contributed by atoms with Crippen molar-refractivity contribution < 1.29 is 0 Å². The van der Waals surface area contributed by atoms with Crippen molar-refractivity contribution >= 4 is 0 Å². The van der Waals surface area contributed by atoms with Crippen LogP contribution in [-0.4, -0.2) is 52.5 Å². The average molecular weight is 411 g/mol. The van der Waals surface area contributed by atoms with Crippen LogP contribution in [0.1, 0.15) is 35.1 Å². The van der Waals surface area contributed by atoms with Crippen molar-refractivity contribution in [2.24, 2.45) is 0 Å². The SMILES string of the molecule is CN(CCc1ccccc1)C1CCCN(Cc2ccc(C#Cc3cncnc3)cc2)C1. The van der Waals surface area contributed by atoms with E-state index in [-0.39, 0.29) is 0 Å². The molecule has 0 spiro atoms. The first-order valence-electron chi connectivity index (χ1n) is 11.1. The van der Waals surface area contributed by atoms with E-state index in [4.69, 9.17) is 0 Å². The normalized spacial score (nSPS) is 16.6. The molecular formula is C27H30N4. The molecule has 158 valence electrons. The van der Waals surface area contributed by atoms with Gasteiger partial charge in [-0.2, -0.15) is 0 Å². The molecular weight excluding hydrogens is 380 g/mol. The number of benzene rings is 2. The zero-order chi connectivity index (χ0) is 21.3. The van der Waals surface area contributed by atoms with E-state index >= 15 is 0 Å². The Labute approximate surface area is 186 Å². The Hall–Kier alpha value is -3.00. The number of likely N-dealkylation sites (tertiary alicyclic amines) is 1. The first-order chi connectivity index (χ1) is 15.3. The van der Waals surface area contributed by atoms with Gasteiger partial charge in [0, 0.05) is 43.6 Å². The molecule has 2 heterocycles. The molecule has 1 unspecified atom stereocenters. The van der Waals surface area contributed by atoms with Crippen molar-refractivity contribution in [2.75, 3.05) is 26.7 Å². The molecule has 4 nitrogen and oxygen atoms in total. The van der Waals surface area contributed by atoms with Gasteiger partial charge < -0.3 is 4.90 Å². The Kier molecular flexibility index (Phi) is 7.44. The monoisotopic (exact) mass is 410 g/mol. The third-order valence-corrected chi connectivity index (χ3v) is 5.97. The summed E-state index contributed by atoms with van der Waals surface area (Å²) >= 11 is 0. The number of hydrogen-bond donors (Lipinski definition) is 0. The maximum Gasteiger partial charge on any atom is 0.115 e. The molecule has 0 amide bonds. The smallest absolute Gasteiger partial charge is 0.115 e. The van der Waals surface area contributed by atoms with E-state index in [0.29, 0.717) is 6.04 Å². The maximum absolute atomic E-state index is 4.00. The van der Waals surface area contributed by atoms with Crippen LogP contribution in [0.4, 0.5) is 0 Å². The van der Waals surface area contributed by atoms with E-state index in [1.165, 1.54) is 36.8 Å². The van der Waals surface area contributed by atoms with Gasteiger partial charge in [-0.3, -0.25) is 4.90 Å². The highest BCUT2D eigenvalue weighted by Crippen LogP contribution is 2.18. The molecule has 1 atom stereocenters. The number of nitrogens with zero attached hydrogens (tertiary/aromatic N) is 4. The highest BCUT2D eigenvalue weighted by atomic mass is 15.2. The summed E-state index contributed by atoms with van der Waals surface area (Å²) in [5, 5.41) is 0. The lowest BCUT2D eigenvalue weighted by Crippen LogP contribution is -2.46. The van der Waals surface area contributed by atoms with Crippen LogP contribution in [0.25, 0.3) is 0 Å². The standard InChI is InChI=1S/C27H30N4/c1-30(17-15-23-6-3-2-4-7-23)27-8-5-16-31(21-27)20-25-12-9-24(10-13-25)11-14-26-18-28-22-29-19-26/h2-4,6-7,9-10,12-13,18-19,22,27H,5,8,15-17,20-21H2,1H3. The molecule has 0 saturated carbocycles. The molecule has 0 bridgehead atoms. The number of hydrogen-bond acceptors (Lipinski definition) is 4. The Bertz CT molecular complexity index is 990. The lowest BCUT2D eigenvalue weighted by atomic mass is 10.0. The van der Waals surface area contributed by atoms with Crippen LogP contribution in [0, 0.1) is 11.8 Å². The molecule has 4 rings (SSSR count). The van der Waals surface area contributed by atoms with Crippen LogP contribution < -0.4 is 0 Å². The Balaban J connectivity index is 1.28. The summed E-state index contributed by atoms with van der Waals surface area (Å²) in [5.41, 5.74) is 4.62. The first-order valence-corrected chi connectivity index (χ1v) is 11.1. The minimum atomic E-state index is 0.635. The molecule has 0 N–H and O–H groups in total. The van der Waals surface area contributed by atoms with E-state index in [1.807, 2.05) is 0 Å². The molecule has 0 aliphatic carbocycles. The zero-order valence-electron chi connectivity index (χ0n) is 18.2. The fourth-order valence-corrected chi connectivity index (χ4v) is 4.13. The summed E-state index contributed by atoms with van der Waals surface area (Å²) in [6.07, 6.45) is 8.66. The Morgan fingerprint density at radius 1 is 0.935 bits per heavy atom. The third kappa shape index (κ3) is 6.49. The van der Waals surface area contributed by atoms with Gasteiger partial charge in [0.1, 0.15) is 6.33 Å². The molecule has 2 aromatic carbocycles. The molecule has 0 radical (unpaired) electrons. The van der Waals surface area contributed by atoms with E-state index in [0.717, 1.165) is 37.2 Å². The molecule has 31 heavy (non-hydrogen) atoms. The largest absolute Gasteiger partial charge is 0.302 e. The van der Waals surface area contributed by atoms with Gasteiger partial charge in [-0.25, -0.2) is 9.97 Å². The van der Waals surface area contributed by atoms with Gasteiger partial charge in [0.05, 0.1) is 5.56 Å². The van der Waals surface area contributed by atoms with Gasteiger partial charge in [0.25, 0.3) is 0 Å². The van der Waals surface area contributed by atoms with Crippen molar-refractivity contribution in [3.63, 3.8) is 0 Å².